The van der Waals surface area contributed by atoms with Crippen molar-refractivity contribution in [1.82, 2.24) is 0 Å². The van der Waals surface area contributed by atoms with Crippen LogP contribution >= 0.6 is 11.8 Å². The van der Waals surface area contributed by atoms with Crippen LogP contribution < -0.4 is 11.1 Å². The van der Waals surface area contributed by atoms with Gasteiger partial charge >= 0.3 is 0 Å². The number of anilines is 1. The zero-order valence-corrected chi connectivity index (χ0v) is 11.5. The number of aryl methyl sites for hydroxylation is 1. The van der Waals surface area contributed by atoms with Crippen LogP contribution in [-0.2, 0) is 0 Å². The summed E-state index contributed by atoms with van der Waals surface area (Å²) in [4.78, 5) is 0. The van der Waals surface area contributed by atoms with Crippen molar-refractivity contribution in [3.05, 3.63) is 29.8 Å². The van der Waals surface area contributed by atoms with Crippen LogP contribution in [0.3, 0.4) is 0 Å². The van der Waals surface area contributed by atoms with Gasteiger partial charge in [-0.05, 0) is 43.2 Å². The summed E-state index contributed by atoms with van der Waals surface area (Å²) < 4.78 is 0. The third kappa shape index (κ3) is 2.78. The minimum Gasteiger partial charge on any atom is -0.377 e. The highest BCUT2D eigenvalue weighted by Gasteiger charge is 2.37. The first kappa shape index (κ1) is 12.8. The molecule has 2 nitrogen and oxygen atoms in total. The van der Waals surface area contributed by atoms with Gasteiger partial charge in [0.25, 0.3) is 0 Å². The molecule has 1 aliphatic heterocycles. The Labute approximate surface area is 108 Å². The van der Waals surface area contributed by atoms with E-state index in [0.29, 0.717) is 11.8 Å². The van der Waals surface area contributed by atoms with E-state index in [2.05, 4.69) is 43.4 Å². The molecule has 1 aliphatic rings. The number of benzene rings is 1. The fraction of sp³-hybridized carbons (Fsp3) is 0.571. The fourth-order valence-electron chi connectivity index (χ4n) is 2.50. The molecular weight excluding hydrogens is 228 g/mol. The minimum atomic E-state index is 0.0662. The standard InChI is InChI=1S/C14H22N2S/c1-11-5-3-6-13(9-11)16-14(10-15)7-4-8-17-12(14)2/h3,5-6,9,12,16H,4,7-8,10,15H2,1-2H3. The summed E-state index contributed by atoms with van der Waals surface area (Å²) in [5.74, 6) is 1.26. The second kappa shape index (κ2) is 5.32. The molecule has 94 valence electrons. The minimum absolute atomic E-state index is 0.0662. The van der Waals surface area contributed by atoms with Crippen LogP contribution in [0.15, 0.2) is 24.3 Å². The van der Waals surface area contributed by atoms with E-state index >= 15 is 0 Å². The number of rotatable bonds is 3. The first-order valence-corrected chi connectivity index (χ1v) is 7.38. The van der Waals surface area contributed by atoms with E-state index in [1.165, 1.54) is 29.8 Å². The summed E-state index contributed by atoms with van der Waals surface area (Å²) in [5.41, 5.74) is 8.59. The van der Waals surface area contributed by atoms with Gasteiger partial charge in [0.15, 0.2) is 0 Å². The average Bonchev–Trinajstić information content (AvgIpc) is 2.32. The maximum Gasteiger partial charge on any atom is 0.0611 e. The zero-order chi connectivity index (χ0) is 12.3. The second-order valence-corrected chi connectivity index (χ2v) is 6.42. The van der Waals surface area contributed by atoms with E-state index in [0.717, 1.165) is 0 Å². The molecule has 3 heteroatoms. The predicted octanol–water partition coefficient (Wildman–Crippen LogP) is 3.02. The summed E-state index contributed by atoms with van der Waals surface area (Å²) in [6.45, 7) is 5.12. The smallest absolute Gasteiger partial charge is 0.0611 e. The van der Waals surface area contributed by atoms with Gasteiger partial charge in [0.1, 0.15) is 0 Å². The largest absolute Gasteiger partial charge is 0.377 e. The van der Waals surface area contributed by atoms with E-state index < -0.39 is 0 Å². The third-order valence-electron chi connectivity index (χ3n) is 3.69. The summed E-state index contributed by atoms with van der Waals surface area (Å²) in [6, 6.07) is 8.56. The molecule has 3 N–H and O–H groups in total. The normalized spacial score (nSPS) is 29.0. The molecule has 2 rings (SSSR count). The maximum absolute atomic E-state index is 6.04. The number of nitrogens with two attached hydrogens (primary N) is 1. The Kier molecular flexibility index (Phi) is 4.00. The summed E-state index contributed by atoms with van der Waals surface area (Å²) >= 11 is 2.03. The lowest BCUT2D eigenvalue weighted by molar-refractivity contribution is 0.422. The Hall–Kier alpha value is -0.670. The van der Waals surface area contributed by atoms with Crippen LogP contribution in [0.25, 0.3) is 0 Å². The van der Waals surface area contributed by atoms with Crippen LogP contribution in [0.4, 0.5) is 5.69 Å². The first-order chi connectivity index (χ1) is 8.16. The van der Waals surface area contributed by atoms with Crippen molar-refractivity contribution in [2.45, 2.75) is 37.5 Å². The molecule has 0 spiro atoms. The molecule has 1 aromatic carbocycles. The van der Waals surface area contributed by atoms with E-state index in [9.17, 15) is 0 Å². The zero-order valence-electron chi connectivity index (χ0n) is 10.7. The molecule has 0 aromatic heterocycles. The highest BCUT2D eigenvalue weighted by atomic mass is 32.2. The predicted molar refractivity (Wildman–Crippen MR) is 77.7 cm³/mol. The number of nitrogens with one attached hydrogen (secondary N) is 1. The van der Waals surface area contributed by atoms with Gasteiger partial charge in [-0.3, -0.25) is 0 Å². The van der Waals surface area contributed by atoms with Crippen molar-refractivity contribution in [1.29, 1.82) is 0 Å². The van der Waals surface area contributed by atoms with Gasteiger partial charge in [-0.25, -0.2) is 0 Å². The molecule has 1 fully saturated rings. The quantitative estimate of drug-likeness (QED) is 0.866. The lowest BCUT2D eigenvalue weighted by atomic mass is 9.89. The topological polar surface area (TPSA) is 38.0 Å². The molecule has 1 aromatic rings. The van der Waals surface area contributed by atoms with Crippen LogP contribution in [0, 0.1) is 6.92 Å². The SMILES string of the molecule is Cc1cccc(NC2(CN)CCCSC2C)c1. The van der Waals surface area contributed by atoms with E-state index in [4.69, 9.17) is 5.73 Å². The van der Waals surface area contributed by atoms with E-state index in [1.54, 1.807) is 0 Å². The summed E-state index contributed by atoms with van der Waals surface area (Å²) in [7, 11) is 0. The monoisotopic (exact) mass is 250 g/mol. The molecule has 0 bridgehead atoms. The maximum atomic E-state index is 6.04. The molecule has 0 radical (unpaired) electrons. The number of thioether (sulfide) groups is 1. The van der Waals surface area contributed by atoms with Crippen molar-refractivity contribution in [3.8, 4) is 0 Å². The van der Waals surface area contributed by atoms with Crippen molar-refractivity contribution < 1.29 is 0 Å². The second-order valence-electron chi connectivity index (χ2n) is 4.97. The van der Waals surface area contributed by atoms with Gasteiger partial charge in [-0.2, -0.15) is 11.8 Å². The highest BCUT2D eigenvalue weighted by Crippen LogP contribution is 2.36. The molecular formula is C14H22N2S. The van der Waals surface area contributed by atoms with Gasteiger partial charge in [0.05, 0.1) is 5.54 Å². The Morgan fingerprint density at radius 1 is 1.53 bits per heavy atom. The van der Waals surface area contributed by atoms with Crippen molar-refractivity contribution in [2.75, 3.05) is 17.6 Å². The van der Waals surface area contributed by atoms with Crippen molar-refractivity contribution in [3.63, 3.8) is 0 Å². The van der Waals surface area contributed by atoms with Gasteiger partial charge in [-0.15, -0.1) is 0 Å². The Balaban J connectivity index is 2.18. The molecule has 0 amide bonds. The van der Waals surface area contributed by atoms with Crippen LogP contribution in [0.2, 0.25) is 0 Å². The van der Waals surface area contributed by atoms with Crippen molar-refractivity contribution in [2.24, 2.45) is 5.73 Å². The van der Waals surface area contributed by atoms with Crippen LogP contribution in [0.5, 0.6) is 0 Å². The summed E-state index contributed by atoms with van der Waals surface area (Å²) in [6.07, 6.45) is 2.43. The number of hydrogen-bond donors (Lipinski definition) is 2. The molecule has 1 heterocycles. The molecule has 2 unspecified atom stereocenters. The molecule has 17 heavy (non-hydrogen) atoms. The Morgan fingerprint density at radius 2 is 2.35 bits per heavy atom. The van der Waals surface area contributed by atoms with E-state index in [-0.39, 0.29) is 5.54 Å². The fourth-order valence-corrected chi connectivity index (χ4v) is 3.76. The Bertz CT molecular complexity index is 380. The Morgan fingerprint density at radius 3 is 3.00 bits per heavy atom. The molecule has 2 atom stereocenters. The van der Waals surface area contributed by atoms with Crippen molar-refractivity contribution >= 4 is 17.4 Å². The molecule has 0 aliphatic carbocycles. The van der Waals surface area contributed by atoms with Gasteiger partial charge in [0.2, 0.25) is 0 Å². The van der Waals surface area contributed by atoms with Gasteiger partial charge in [0, 0.05) is 17.5 Å². The first-order valence-electron chi connectivity index (χ1n) is 6.33. The third-order valence-corrected chi connectivity index (χ3v) is 5.16. The van der Waals surface area contributed by atoms with Crippen LogP contribution in [-0.4, -0.2) is 23.1 Å². The summed E-state index contributed by atoms with van der Waals surface area (Å²) in [5, 5.41) is 4.26. The van der Waals surface area contributed by atoms with E-state index in [1.807, 2.05) is 11.8 Å². The highest BCUT2D eigenvalue weighted by molar-refractivity contribution is 8.00. The van der Waals surface area contributed by atoms with Gasteiger partial charge in [-0.1, -0.05) is 19.1 Å². The lowest BCUT2D eigenvalue weighted by Gasteiger charge is -2.43. The lowest BCUT2D eigenvalue weighted by Crippen LogP contribution is -2.54. The molecule has 1 saturated heterocycles. The van der Waals surface area contributed by atoms with Crippen LogP contribution in [0.1, 0.15) is 25.3 Å². The van der Waals surface area contributed by atoms with Gasteiger partial charge < -0.3 is 11.1 Å². The average molecular weight is 250 g/mol. The molecule has 0 saturated carbocycles. The number of hydrogen-bond acceptors (Lipinski definition) is 3.